The van der Waals surface area contributed by atoms with Gasteiger partial charge in [-0.2, -0.15) is 5.26 Å². The second kappa shape index (κ2) is 10.1. The van der Waals surface area contributed by atoms with Gasteiger partial charge >= 0.3 is 0 Å². The standard InChI is InChI=1S/C8H6ClN.2C2H6/c1-6-2-3-8(9)4-7(6)5-10;2*1-2/h2-4H,1H3;2*1-2H3. The van der Waals surface area contributed by atoms with Crippen LogP contribution >= 0.6 is 11.6 Å². The monoisotopic (exact) mass is 211 g/mol. The Kier molecular flexibility index (Phi) is 11.1. The minimum absolute atomic E-state index is 0.613. The van der Waals surface area contributed by atoms with Gasteiger partial charge in [0.25, 0.3) is 0 Å². The molecule has 0 saturated heterocycles. The van der Waals surface area contributed by atoms with Crippen LogP contribution < -0.4 is 0 Å². The third kappa shape index (κ3) is 5.61. The Labute approximate surface area is 92.3 Å². The molecule has 0 radical (unpaired) electrons. The van der Waals surface area contributed by atoms with Crippen LogP contribution in [0.5, 0.6) is 0 Å². The lowest BCUT2D eigenvalue weighted by Gasteiger charge is -1.94. The number of nitriles is 1. The van der Waals surface area contributed by atoms with Crippen molar-refractivity contribution in [1.82, 2.24) is 0 Å². The lowest BCUT2D eigenvalue weighted by atomic mass is 10.1. The summed E-state index contributed by atoms with van der Waals surface area (Å²) in [4.78, 5) is 0. The van der Waals surface area contributed by atoms with Crippen molar-refractivity contribution >= 4 is 11.6 Å². The molecule has 0 heterocycles. The van der Waals surface area contributed by atoms with Crippen molar-refractivity contribution in [3.63, 3.8) is 0 Å². The molecular weight excluding hydrogens is 194 g/mol. The summed E-state index contributed by atoms with van der Waals surface area (Å²) in [6.07, 6.45) is 0. The van der Waals surface area contributed by atoms with E-state index in [1.54, 1.807) is 12.1 Å². The van der Waals surface area contributed by atoms with Crippen molar-refractivity contribution in [2.75, 3.05) is 0 Å². The summed E-state index contributed by atoms with van der Waals surface area (Å²) in [5.74, 6) is 0. The molecule has 0 aliphatic rings. The maximum Gasteiger partial charge on any atom is 0.0994 e. The van der Waals surface area contributed by atoms with E-state index in [9.17, 15) is 0 Å². The third-order valence-electron chi connectivity index (χ3n) is 1.32. The Bertz CT molecular complexity index is 287. The van der Waals surface area contributed by atoms with E-state index < -0.39 is 0 Å². The van der Waals surface area contributed by atoms with E-state index in [2.05, 4.69) is 6.07 Å². The molecule has 0 saturated carbocycles. The van der Waals surface area contributed by atoms with Crippen LogP contribution in [0.2, 0.25) is 5.02 Å². The van der Waals surface area contributed by atoms with Crippen molar-refractivity contribution < 1.29 is 0 Å². The van der Waals surface area contributed by atoms with Crippen LogP contribution in [0, 0.1) is 18.3 Å². The average molecular weight is 212 g/mol. The van der Waals surface area contributed by atoms with Crippen molar-refractivity contribution in [3.8, 4) is 6.07 Å². The Morgan fingerprint density at radius 3 is 2.00 bits per heavy atom. The molecular formula is C12H18ClN. The largest absolute Gasteiger partial charge is 0.192 e. The second-order valence-corrected chi connectivity index (χ2v) is 2.51. The normalized spacial score (nSPS) is 7.21. The van der Waals surface area contributed by atoms with Crippen LogP contribution in [-0.4, -0.2) is 0 Å². The maximum atomic E-state index is 8.53. The molecule has 0 N–H and O–H groups in total. The molecule has 1 nitrogen and oxygen atoms in total. The van der Waals surface area contributed by atoms with Crippen molar-refractivity contribution in [3.05, 3.63) is 34.3 Å². The van der Waals surface area contributed by atoms with E-state index in [0.29, 0.717) is 10.6 Å². The predicted octanol–water partition coefficient (Wildman–Crippen LogP) is 4.57. The Morgan fingerprint density at radius 2 is 1.64 bits per heavy atom. The summed E-state index contributed by atoms with van der Waals surface area (Å²) in [5, 5.41) is 9.15. The summed E-state index contributed by atoms with van der Waals surface area (Å²) in [5.41, 5.74) is 1.61. The fourth-order valence-electron chi connectivity index (χ4n) is 0.715. The number of halogens is 1. The molecule has 78 valence electrons. The first kappa shape index (κ1) is 15.5. The van der Waals surface area contributed by atoms with Gasteiger partial charge in [-0.25, -0.2) is 0 Å². The summed E-state index contributed by atoms with van der Waals surface area (Å²) in [6, 6.07) is 7.32. The number of hydrogen-bond donors (Lipinski definition) is 0. The molecule has 2 heteroatoms. The van der Waals surface area contributed by atoms with Gasteiger partial charge in [-0.15, -0.1) is 0 Å². The van der Waals surface area contributed by atoms with Gasteiger partial charge in [-0.05, 0) is 24.6 Å². The average Bonchev–Trinajstić information content (AvgIpc) is 2.27. The van der Waals surface area contributed by atoms with Crippen molar-refractivity contribution in [2.45, 2.75) is 34.6 Å². The van der Waals surface area contributed by atoms with Crippen LogP contribution in [0.3, 0.4) is 0 Å². The summed E-state index contributed by atoms with van der Waals surface area (Å²) < 4.78 is 0. The first-order valence-corrected chi connectivity index (χ1v) is 5.28. The molecule has 0 aliphatic heterocycles. The molecule has 0 spiro atoms. The van der Waals surface area contributed by atoms with Crippen LogP contribution in [-0.2, 0) is 0 Å². The quantitative estimate of drug-likeness (QED) is 0.617. The summed E-state index contributed by atoms with van der Waals surface area (Å²) in [7, 11) is 0. The van der Waals surface area contributed by atoms with Gasteiger partial charge in [0.15, 0.2) is 0 Å². The zero-order valence-corrected chi connectivity index (χ0v) is 10.3. The number of benzene rings is 1. The highest BCUT2D eigenvalue weighted by Crippen LogP contribution is 2.13. The molecule has 0 fully saturated rings. The van der Waals surface area contributed by atoms with Crippen molar-refractivity contribution in [2.24, 2.45) is 0 Å². The first-order chi connectivity index (χ1) is 6.74. The topological polar surface area (TPSA) is 23.8 Å². The van der Waals surface area contributed by atoms with Gasteiger partial charge < -0.3 is 0 Å². The number of aryl methyl sites for hydroxylation is 1. The predicted molar refractivity (Wildman–Crippen MR) is 63.6 cm³/mol. The van der Waals surface area contributed by atoms with E-state index >= 15 is 0 Å². The lowest BCUT2D eigenvalue weighted by molar-refractivity contribution is 1.39. The maximum absolute atomic E-state index is 8.53. The van der Waals surface area contributed by atoms with Gasteiger partial charge in [-0.1, -0.05) is 45.4 Å². The zero-order chi connectivity index (χ0) is 11.6. The highest BCUT2D eigenvalue weighted by atomic mass is 35.5. The highest BCUT2D eigenvalue weighted by molar-refractivity contribution is 6.30. The van der Waals surface area contributed by atoms with E-state index in [1.165, 1.54) is 0 Å². The molecule has 14 heavy (non-hydrogen) atoms. The number of hydrogen-bond acceptors (Lipinski definition) is 1. The van der Waals surface area contributed by atoms with Crippen molar-refractivity contribution in [1.29, 1.82) is 5.26 Å². The minimum Gasteiger partial charge on any atom is -0.192 e. The van der Waals surface area contributed by atoms with E-state index in [-0.39, 0.29) is 0 Å². The molecule has 0 aliphatic carbocycles. The van der Waals surface area contributed by atoms with Crippen LogP contribution in [0.1, 0.15) is 38.8 Å². The first-order valence-electron chi connectivity index (χ1n) is 4.90. The fourth-order valence-corrected chi connectivity index (χ4v) is 0.887. The van der Waals surface area contributed by atoms with Crippen LogP contribution in [0.4, 0.5) is 0 Å². The summed E-state index contributed by atoms with van der Waals surface area (Å²) >= 11 is 5.64. The second-order valence-electron chi connectivity index (χ2n) is 2.07. The molecule has 0 atom stereocenters. The van der Waals surface area contributed by atoms with Gasteiger partial charge in [0.05, 0.1) is 11.6 Å². The SMILES string of the molecule is CC.CC.Cc1ccc(Cl)cc1C#N. The highest BCUT2D eigenvalue weighted by Gasteiger charge is 1.95. The van der Waals surface area contributed by atoms with E-state index in [1.807, 2.05) is 40.7 Å². The summed E-state index contributed by atoms with van der Waals surface area (Å²) in [6.45, 7) is 9.88. The molecule has 1 aromatic rings. The van der Waals surface area contributed by atoms with Gasteiger partial charge in [0.1, 0.15) is 0 Å². The number of rotatable bonds is 0. The van der Waals surface area contributed by atoms with Gasteiger partial charge in [0.2, 0.25) is 0 Å². The van der Waals surface area contributed by atoms with E-state index in [0.717, 1.165) is 5.56 Å². The van der Waals surface area contributed by atoms with E-state index in [4.69, 9.17) is 16.9 Å². The molecule has 1 rings (SSSR count). The Hall–Kier alpha value is -1.00. The molecule has 0 amide bonds. The molecule has 0 bridgehead atoms. The van der Waals surface area contributed by atoms with Gasteiger partial charge in [-0.3, -0.25) is 0 Å². The fraction of sp³-hybridized carbons (Fsp3) is 0.417. The minimum atomic E-state index is 0.613. The van der Waals surface area contributed by atoms with Crippen LogP contribution in [0.15, 0.2) is 18.2 Å². The molecule has 0 aromatic heterocycles. The number of nitrogens with zero attached hydrogens (tertiary/aromatic N) is 1. The smallest absolute Gasteiger partial charge is 0.0994 e. The molecule has 0 unspecified atom stereocenters. The molecule has 1 aromatic carbocycles. The zero-order valence-electron chi connectivity index (χ0n) is 9.56. The van der Waals surface area contributed by atoms with Crippen LogP contribution in [0.25, 0.3) is 0 Å². The Balaban J connectivity index is 0. The Morgan fingerprint density at radius 1 is 1.14 bits per heavy atom. The lowest BCUT2D eigenvalue weighted by Crippen LogP contribution is -1.79. The third-order valence-corrected chi connectivity index (χ3v) is 1.56. The van der Waals surface area contributed by atoms with Gasteiger partial charge in [0, 0.05) is 5.02 Å².